The molecule has 0 aliphatic rings. The quantitative estimate of drug-likeness (QED) is 0.915. The van der Waals surface area contributed by atoms with E-state index in [1.807, 2.05) is 24.7 Å². The molecule has 1 atom stereocenters. The first kappa shape index (κ1) is 15.5. The zero-order valence-corrected chi connectivity index (χ0v) is 13.4. The van der Waals surface area contributed by atoms with Crippen molar-refractivity contribution < 1.29 is 8.42 Å². The van der Waals surface area contributed by atoms with Crippen molar-refractivity contribution in [3.8, 4) is 0 Å². The van der Waals surface area contributed by atoms with Gasteiger partial charge in [-0.3, -0.25) is 4.68 Å². The van der Waals surface area contributed by atoms with Gasteiger partial charge in [-0.05, 0) is 37.3 Å². The van der Waals surface area contributed by atoms with E-state index < -0.39 is 10.0 Å². The summed E-state index contributed by atoms with van der Waals surface area (Å²) in [6.45, 7) is 2.03. The third-order valence-electron chi connectivity index (χ3n) is 3.32. The Morgan fingerprint density at radius 1 is 1.19 bits per heavy atom. The maximum absolute atomic E-state index is 12.0. The first-order chi connectivity index (χ1) is 9.82. The number of hydrogen-bond donors (Lipinski definition) is 1. The van der Waals surface area contributed by atoms with Gasteiger partial charge in [0.15, 0.2) is 0 Å². The lowest BCUT2D eigenvalue weighted by molar-refractivity contribution is 0.521. The number of aryl methyl sites for hydroxylation is 1. The second kappa shape index (κ2) is 5.87. The molecule has 6 nitrogen and oxygen atoms in total. The second-order valence-electron chi connectivity index (χ2n) is 5.06. The van der Waals surface area contributed by atoms with Crippen LogP contribution in [-0.4, -0.2) is 36.6 Å². The van der Waals surface area contributed by atoms with Gasteiger partial charge in [0.25, 0.3) is 0 Å². The molecule has 1 aromatic carbocycles. The average Bonchev–Trinajstić information content (AvgIpc) is 2.85. The second-order valence-corrected chi connectivity index (χ2v) is 7.21. The molecule has 0 aliphatic heterocycles. The molecule has 1 aromatic heterocycles. The molecule has 7 heteroatoms. The van der Waals surface area contributed by atoms with Gasteiger partial charge in [-0.2, -0.15) is 5.10 Å². The summed E-state index contributed by atoms with van der Waals surface area (Å²) in [6, 6.07) is 8.77. The lowest BCUT2D eigenvalue weighted by atomic mass is 10.2. The number of hydrogen-bond acceptors (Lipinski definition) is 4. The smallest absolute Gasteiger partial charge is 0.242 e. The lowest BCUT2D eigenvalue weighted by Gasteiger charge is -2.16. The van der Waals surface area contributed by atoms with Crippen LogP contribution in [0.25, 0.3) is 0 Å². The standard InChI is InChI=1S/C14H20N4O2S/c1-11(14-9-10-15-18(14)4)16-12-5-7-13(8-6-12)21(19,20)17(2)3/h5-11,16H,1-4H3. The van der Waals surface area contributed by atoms with E-state index in [4.69, 9.17) is 0 Å². The van der Waals surface area contributed by atoms with Gasteiger partial charge < -0.3 is 5.32 Å². The predicted octanol–water partition coefficient (Wildman–Crippen LogP) is 1.84. The van der Waals surface area contributed by atoms with E-state index in [0.717, 1.165) is 11.4 Å². The number of rotatable bonds is 5. The number of sulfonamides is 1. The van der Waals surface area contributed by atoms with Gasteiger partial charge in [0.1, 0.15) is 0 Å². The van der Waals surface area contributed by atoms with Crippen LogP contribution < -0.4 is 5.32 Å². The van der Waals surface area contributed by atoms with Gasteiger partial charge in [0.05, 0.1) is 16.6 Å². The topological polar surface area (TPSA) is 67.2 Å². The van der Waals surface area contributed by atoms with Gasteiger partial charge >= 0.3 is 0 Å². The van der Waals surface area contributed by atoms with Crippen LogP contribution >= 0.6 is 0 Å². The highest BCUT2D eigenvalue weighted by molar-refractivity contribution is 7.89. The molecule has 0 saturated carbocycles. The zero-order valence-electron chi connectivity index (χ0n) is 12.6. The minimum Gasteiger partial charge on any atom is -0.377 e. The Bertz CT molecular complexity index is 705. The Balaban J connectivity index is 2.15. The molecule has 0 radical (unpaired) electrons. The van der Waals surface area contributed by atoms with Crippen LogP contribution in [0.5, 0.6) is 0 Å². The van der Waals surface area contributed by atoms with E-state index in [2.05, 4.69) is 10.4 Å². The van der Waals surface area contributed by atoms with Crippen molar-refractivity contribution in [2.24, 2.45) is 7.05 Å². The van der Waals surface area contributed by atoms with Crippen LogP contribution in [-0.2, 0) is 17.1 Å². The van der Waals surface area contributed by atoms with Crippen LogP contribution in [0.2, 0.25) is 0 Å². The number of nitrogens with one attached hydrogen (secondary N) is 1. The third-order valence-corrected chi connectivity index (χ3v) is 5.15. The fourth-order valence-electron chi connectivity index (χ4n) is 2.07. The van der Waals surface area contributed by atoms with Crippen LogP contribution in [0, 0.1) is 0 Å². The maximum Gasteiger partial charge on any atom is 0.242 e. The van der Waals surface area contributed by atoms with E-state index >= 15 is 0 Å². The van der Waals surface area contributed by atoms with Gasteiger partial charge in [-0.15, -0.1) is 0 Å². The van der Waals surface area contributed by atoms with E-state index in [1.54, 1.807) is 30.5 Å². The molecule has 21 heavy (non-hydrogen) atoms. The van der Waals surface area contributed by atoms with Crippen molar-refractivity contribution in [3.63, 3.8) is 0 Å². The molecule has 0 aliphatic carbocycles. The van der Waals surface area contributed by atoms with Crippen LogP contribution in [0.15, 0.2) is 41.4 Å². The molecule has 0 spiro atoms. The molecule has 1 heterocycles. The van der Waals surface area contributed by atoms with Crippen LogP contribution in [0.3, 0.4) is 0 Å². The number of nitrogens with zero attached hydrogens (tertiary/aromatic N) is 3. The fourth-order valence-corrected chi connectivity index (χ4v) is 2.97. The molecular weight excluding hydrogens is 288 g/mol. The maximum atomic E-state index is 12.0. The molecule has 0 saturated heterocycles. The molecule has 114 valence electrons. The van der Waals surface area contributed by atoms with E-state index in [9.17, 15) is 8.42 Å². The Hall–Kier alpha value is -1.86. The van der Waals surface area contributed by atoms with E-state index in [0.29, 0.717) is 0 Å². The monoisotopic (exact) mass is 308 g/mol. The minimum atomic E-state index is -3.38. The molecule has 1 unspecified atom stereocenters. The van der Waals surface area contributed by atoms with Crippen molar-refractivity contribution in [2.75, 3.05) is 19.4 Å². The summed E-state index contributed by atoms with van der Waals surface area (Å²) in [5, 5.41) is 7.46. The Kier molecular flexibility index (Phi) is 4.34. The lowest BCUT2D eigenvalue weighted by Crippen LogP contribution is -2.22. The first-order valence-electron chi connectivity index (χ1n) is 6.59. The molecule has 2 aromatic rings. The first-order valence-corrected chi connectivity index (χ1v) is 8.03. The highest BCUT2D eigenvalue weighted by atomic mass is 32.2. The highest BCUT2D eigenvalue weighted by Crippen LogP contribution is 2.21. The summed E-state index contributed by atoms with van der Waals surface area (Å²) in [5.74, 6) is 0. The summed E-state index contributed by atoms with van der Waals surface area (Å²) in [5.41, 5.74) is 1.92. The van der Waals surface area contributed by atoms with Crippen molar-refractivity contribution in [1.29, 1.82) is 0 Å². The van der Waals surface area contributed by atoms with E-state index in [1.165, 1.54) is 18.4 Å². The predicted molar refractivity (Wildman–Crippen MR) is 82.6 cm³/mol. The largest absolute Gasteiger partial charge is 0.377 e. The summed E-state index contributed by atoms with van der Waals surface area (Å²) in [4.78, 5) is 0.284. The molecule has 0 bridgehead atoms. The zero-order chi connectivity index (χ0) is 15.6. The minimum absolute atomic E-state index is 0.0776. The van der Waals surface area contributed by atoms with Gasteiger partial charge in [-0.1, -0.05) is 0 Å². The highest BCUT2D eigenvalue weighted by Gasteiger charge is 2.17. The summed E-state index contributed by atoms with van der Waals surface area (Å²) < 4.78 is 27.0. The van der Waals surface area contributed by atoms with Crippen molar-refractivity contribution >= 4 is 15.7 Å². The van der Waals surface area contributed by atoms with Gasteiger partial charge in [0.2, 0.25) is 10.0 Å². The molecule has 1 N–H and O–H groups in total. The van der Waals surface area contributed by atoms with Crippen LogP contribution in [0.1, 0.15) is 18.7 Å². The normalized spacial score (nSPS) is 13.4. The van der Waals surface area contributed by atoms with Crippen molar-refractivity contribution in [1.82, 2.24) is 14.1 Å². The summed E-state index contributed by atoms with van der Waals surface area (Å²) in [7, 11) is 1.55. The Morgan fingerprint density at radius 2 is 1.81 bits per heavy atom. The number of aromatic nitrogens is 2. The number of benzene rings is 1. The van der Waals surface area contributed by atoms with Crippen LogP contribution in [0.4, 0.5) is 5.69 Å². The summed E-state index contributed by atoms with van der Waals surface area (Å²) >= 11 is 0. The van der Waals surface area contributed by atoms with E-state index in [-0.39, 0.29) is 10.9 Å². The molecule has 2 rings (SSSR count). The SMILES string of the molecule is CC(Nc1ccc(S(=O)(=O)N(C)C)cc1)c1ccnn1C. The molecule has 0 amide bonds. The Labute approximate surface area is 125 Å². The molecular formula is C14H20N4O2S. The van der Waals surface area contributed by atoms with Gasteiger partial charge in [-0.25, -0.2) is 12.7 Å². The summed E-state index contributed by atoms with van der Waals surface area (Å²) in [6.07, 6.45) is 1.75. The van der Waals surface area contributed by atoms with Gasteiger partial charge in [0, 0.05) is 33.0 Å². The molecule has 0 fully saturated rings. The van der Waals surface area contributed by atoms with Crippen molar-refractivity contribution in [2.45, 2.75) is 17.9 Å². The third kappa shape index (κ3) is 3.25. The average molecular weight is 308 g/mol. The Morgan fingerprint density at radius 3 is 2.29 bits per heavy atom. The number of anilines is 1. The fraction of sp³-hybridized carbons (Fsp3) is 0.357. The van der Waals surface area contributed by atoms with Crippen molar-refractivity contribution in [3.05, 3.63) is 42.2 Å².